The third-order valence-corrected chi connectivity index (χ3v) is 5.70. The number of phenolic OH excluding ortho intramolecular Hbond substituents is 1. The number of nitrogens with one attached hydrogen (secondary N) is 1. The van der Waals surface area contributed by atoms with Gasteiger partial charge in [-0.15, -0.1) is 0 Å². The first kappa shape index (κ1) is 25.1. The highest BCUT2D eigenvalue weighted by Gasteiger charge is 2.15. The van der Waals surface area contributed by atoms with Crippen molar-refractivity contribution in [1.29, 1.82) is 0 Å². The second kappa shape index (κ2) is 12.7. The molecule has 0 saturated heterocycles. The number of carbonyl (C=O) groups is 1. The Morgan fingerprint density at radius 3 is 2.41 bits per heavy atom. The molecule has 1 amide bonds. The minimum absolute atomic E-state index is 0.0593. The van der Waals surface area contributed by atoms with Crippen LogP contribution in [0.3, 0.4) is 0 Å². The fourth-order valence-corrected chi connectivity index (χ4v) is 3.77. The number of amides is 1. The molecule has 0 aliphatic rings. The van der Waals surface area contributed by atoms with E-state index in [-0.39, 0.29) is 40.4 Å². The molecule has 0 saturated carbocycles. The Balaban J connectivity index is 1.56. The number of rotatable bonds is 13. The van der Waals surface area contributed by atoms with Crippen molar-refractivity contribution in [2.45, 2.75) is 51.9 Å². The summed E-state index contributed by atoms with van der Waals surface area (Å²) < 4.78 is 16.3. The van der Waals surface area contributed by atoms with Crippen LogP contribution < -0.4 is 20.2 Å². The molecule has 0 bridgehead atoms. The van der Waals surface area contributed by atoms with Gasteiger partial charge in [0.05, 0.1) is 12.7 Å². The van der Waals surface area contributed by atoms with E-state index in [1.165, 1.54) is 50.5 Å². The zero-order chi connectivity index (χ0) is 24.3. The molecule has 0 aliphatic heterocycles. The second-order valence-electron chi connectivity index (χ2n) is 8.28. The van der Waals surface area contributed by atoms with Gasteiger partial charge >= 0.3 is 0 Å². The van der Waals surface area contributed by atoms with Gasteiger partial charge in [0.2, 0.25) is 5.43 Å². The van der Waals surface area contributed by atoms with Crippen LogP contribution in [0.15, 0.2) is 51.9 Å². The third kappa shape index (κ3) is 6.76. The maximum Gasteiger partial charge on any atom is 0.257 e. The van der Waals surface area contributed by atoms with Crippen LogP contribution in [0.4, 0.5) is 0 Å². The Hall–Kier alpha value is -3.48. The third-order valence-electron chi connectivity index (χ3n) is 5.70. The van der Waals surface area contributed by atoms with E-state index in [4.69, 9.17) is 13.9 Å². The van der Waals surface area contributed by atoms with E-state index in [1.54, 1.807) is 31.4 Å². The lowest BCUT2D eigenvalue weighted by Crippen LogP contribution is -2.29. The van der Waals surface area contributed by atoms with Crippen LogP contribution in [0.5, 0.6) is 17.2 Å². The molecule has 0 unspecified atom stereocenters. The number of carbonyl (C=O) groups excluding carboxylic acids is 1. The van der Waals surface area contributed by atoms with Crippen molar-refractivity contribution in [2.24, 2.45) is 0 Å². The lowest BCUT2D eigenvalue weighted by atomic mass is 10.0. The van der Waals surface area contributed by atoms with Gasteiger partial charge in [-0.2, -0.15) is 0 Å². The van der Waals surface area contributed by atoms with Crippen LogP contribution in [0, 0.1) is 0 Å². The predicted molar refractivity (Wildman–Crippen MR) is 133 cm³/mol. The Morgan fingerprint density at radius 2 is 1.71 bits per heavy atom. The summed E-state index contributed by atoms with van der Waals surface area (Å²) >= 11 is 0. The van der Waals surface area contributed by atoms with E-state index in [0.29, 0.717) is 23.4 Å². The minimum atomic E-state index is -0.358. The second-order valence-corrected chi connectivity index (χ2v) is 8.28. The number of hydrogen-bond donors (Lipinski definition) is 2. The number of methoxy groups -OCH3 is 1. The number of ether oxygens (including phenoxy) is 2. The van der Waals surface area contributed by atoms with Gasteiger partial charge in [-0.25, -0.2) is 0 Å². The summed E-state index contributed by atoms with van der Waals surface area (Å²) in [5, 5.41) is 13.4. The Labute approximate surface area is 199 Å². The molecule has 1 heterocycles. The van der Waals surface area contributed by atoms with Gasteiger partial charge in [0.15, 0.2) is 6.61 Å². The first-order valence-corrected chi connectivity index (χ1v) is 11.9. The monoisotopic (exact) mass is 467 g/mol. The highest BCUT2D eigenvalue weighted by Crippen LogP contribution is 2.30. The number of aromatic hydroxyl groups is 1. The number of fused-ring (bicyclic) bond motifs is 1. The van der Waals surface area contributed by atoms with Crippen molar-refractivity contribution >= 4 is 16.9 Å². The molecule has 182 valence electrons. The molecule has 0 radical (unpaired) electrons. The van der Waals surface area contributed by atoms with E-state index in [1.807, 2.05) is 0 Å². The number of unbranched alkanes of at least 4 members (excludes halogenated alkanes) is 6. The fourth-order valence-electron chi connectivity index (χ4n) is 3.77. The van der Waals surface area contributed by atoms with Crippen molar-refractivity contribution in [3.05, 3.63) is 52.9 Å². The summed E-state index contributed by atoms with van der Waals surface area (Å²) in [5.74, 6) is 0.420. The Bertz CT molecular complexity index is 1140. The van der Waals surface area contributed by atoms with E-state index < -0.39 is 0 Å². The van der Waals surface area contributed by atoms with Crippen molar-refractivity contribution in [1.82, 2.24) is 5.32 Å². The lowest BCUT2D eigenvalue weighted by Gasteiger charge is -2.10. The van der Waals surface area contributed by atoms with Gasteiger partial charge in [0.1, 0.15) is 34.5 Å². The Kier molecular flexibility index (Phi) is 9.38. The van der Waals surface area contributed by atoms with Crippen molar-refractivity contribution < 1.29 is 23.8 Å². The van der Waals surface area contributed by atoms with E-state index in [0.717, 1.165) is 12.8 Å². The quantitative estimate of drug-likeness (QED) is 0.326. The van der Waals surface area contributed by atoms with Crippen LogP contribution in [-0.2, 0) is 4.79 Å². The number of benzene rings is 2. The zero-order valence-electron chi connectivity index (χ0n) is 19.9. The molecular formula is C27H33NO6. The summed E-state index contributed by atoms with van der Waals surface area (Å²) in [4.78, 5) is 25.0. The van der Waals surface area contributed by atoms with Crippen LogP contribution in [0.2, 0.25) is 0 Å². The van der Waals surface area contributed by atoms with Gasteiger partial charge in [0.25, 0.3) is 5.91 Å². The molecule has 1 aromatic heterocycles. The lowest BCUT2D eigenvalue weighted by molar-refractivity contribution is -0.123. The molecular weight excluding hydrogens is 434 g/mol. The van der Waals surface area contributed by atoms with E-state index >= 15 is 0 Å². The van der Waals surface area contributed by atoms with Gasteiger partial charge < -0.3 is 24.3 Å². The smallest absolute Gasteiger partial charge is 0.257 e. The molecule has 2 aromatic carbocycles. The first-order valence-electron chi connectivity index (χ1n) is 11.9. The first-order chi connectivity index (χ1) is 16.5. The summed E-state index contributed by atoms with van der Waals surface area (Å²) in [5.41, 5.74) is 0.793. The predicted octanol–water partition coefficient (Wildman–Crippen LogP) is 5.42. The summed E-state index contributed by atoms with van der Waals surface area (Å²) in [6.45, 7) is 2.63. The molecule has 0 fully saturated rings. The molecule has 34 heavy (non-hydrogen) atoms. The number of hydrogen-bond acceptors (Lipinski definition) is 6. The minimum Gasteiger partial charge on any atom is -0.507 e. The Morgan fingerprint density at radius 1 is 1.00 bits per heavy atom. The van der Waals surface area contributed by atoms with Crippen LogP contribution in [0.25, 0.3) is 22.1 Å². The maximum absolute atomic E-state index is 13.0. The largest absolute Gasteiger partial charge is 0.507 e. The van der Waals surface area contributed by atoms with Gasteiger partial charge in [-0.1, -0.05) is 57.6 Å². The molecule has 3 aromatic rings. The molecule has 7 heteroatoms. The molecule has 0 atom stereocenters. The van der Waals surface area contributed by atoms with Gasteiger partial charge in [0, 0.05) is 18.7 Å². The molecule has 0 spiro atoms. The molecule has 2 N–H and O–H groups in total. The van der Waals surface area contributed by atoms with Crippen molar-refractivity contribution in [3.8, 4) is 28.4 Å². The van der Waals surface area contributed by atoms with Crippen LogP contribution >= 0.6 is 0 Å². The van der Waals surface area contributed by atoms with E-state index in [2.05, 4.69) is 12.2 Å². The highest BCUT2D eigenvalue weighted by molar-refractivity contribution is 5.88. The van der Waals surface area contributed by atoms with Crippen LogP contribution in [-0.4, -0.2) is 31.3 Å². The zero-order valence-corrected chi connectivity index (χ0v) is 19.9. The van der Waals surface area contributed by atoms with Crippen LogP contribution in [0.1, 0.15) is 51.9 Å². The summed E-state index contributed by atoms with van der Waals surface area (Å²) in [7, 11) is 1.57. The average molecular weight is 468 g/mol. The topological polar surface area (TPSA) is 98.0 Å². The van der Waals surface area contributed by atoms with E-state index in [9.17, 15) is 14.7 Å². The standard InChI is InChI=1S/C27H33NO6/c1-3-4-5-6-7-8-9-14-28-25(30)18-33-21-15-23(29)26-24(16-21)34-17-22(27(26)31)19-10-12-20(32-2)13-11-19/h10-13,15-17,29H,3-9,14,18H2,1-2H3,(H,28,30). The summed E-state index contributed by atoms with van der Waals surface area (Å²) in [6.07, 6.45) is 9.62. The maximum atomic E-state index is 13.0. The normalized spacial score (nSPS) is 10.9. The van der Waals surface area contributed by atoms with Gasteiger partial charge in [-0.3, -0.25) is 9.59 Å². The molecule has 7 nitrogen and oxygen atoms in total. The van der Waals surface area contributed by atoms with Crippen molar-refractivity contribution in [2.75, 3.05) is 20.3 Å². The fraction of sp³-hybridized carbons (Fsp3) is 0.407. The number of phenols is 1. The van der Waals surface area contributed by atoms with Gasteiger partial charge in [-0.05, 0) is 24.1 Å². The van der Waals surface area contributed by atoms with Crippen molar-refractivity contribution in [3.63, 3.8) is 0 Å². The molecule has 0 aliphatic carbocycles. The summed E-state index contributed by atoms with van der Waals surface area (Å²) in [6, 6.07) is 9.80. The SMILES string of the molecule is CCCCCCCCCNC(=O)COc1cc(O)c2c(=O)c(-c3ccc(OC)cc3)coc2c1. The average Bonchev–Trinajstić information content (AvgIpc) is 2.84. The molecule has 3 rings (SSSR count). The highest BCUT2D eigenvalue weighted by atomic mass is 16.5.